The molecule has 6 nitrogen and oxygen atoms in total. The van der Waals surface area contributed by atoms with Crippen molar-refractivity contribution in [3.8, 4) is 0 Å². The smallest absolute Gasteiger partial charge is 0.317 e. The Kier molecular flexibility index (Phi) is 11.4. The van der Waals surface area contributed by atoms with Gasteiger partial charge in [-0.1, -0.05) is 55.8 Å². The summed E-state index contributed by atoms with van der Waals surface area (Å²) in [6, 6.07) is 7.60. The van der Waals surface area contributed by atoms with Gasteiger partial charge in [0.05, 0.1) is 11.7 Å². The first-order chi connectivity index (χ1) is 17.2. The first kappa shape index (κ1) is 29.2. The van der Waals surface area contributed by atoms with E-state index >= 15 is 0 Å². The van der Waals surface area contributed by atoms with Gasteiger partial charge in [-0.05, 0) is 83.2 Å². The van der Waals surface area contributed by atoms with Crippen LogP contribution in [0.5, 0.6) is 0 Å². The summed E-state index contributed by atoms with van der Waals surface area (Å²) in [6.45, 7) is 3.84. The second-order valence-electron chi connectivity index (χ2n) is 11.6. The monoisotopic (exact) mass is 521 g/mol. The van der Waals surface area contributed by atoms with Crippen LogP contribution in [0.3, 0.4) is 0 Å². The van der Waals surface area contributed by atoms with Crippen LogP contribution in [0.25, 0.3) is 0 Å². The Balaban J connectivity index is 1.70. The van der Waals surface area contributed by atoms with Gasteiger partial charge in [-0.3, -0.25) is 0 Å². The molecule has 4 atom stereocenters. The second-order valence-corrected chi connectivity index (χ2v) is 12.0. The van der Waals surface area contributed by atoms with Crippen molar-refractivity contribution in [2.45, 2.75) is 95.3 Å². The van der Waals surface area contributed by atoms with Crippen molar-refractivity contribution >= 4 is 17.6 Å². The minimum atomic E-state index is -1.09. The molecule has 2 amide bonds. The summed E-state index contributed by atoms with van der Waals surface area (Å²) in [5.41, 5.74) is -0.292. The Morgan fingerprint density at radius 2 is 1.97 bits per heavy atom. The van der Waals surface area contributed by atoms with Crippen LogP contribution in [-0.2, 0) is 5.60 Å². The minimum absolute atomic E-state index is 0.0141. The number of halogens is 1. The lowest BCUT2D eigenvalue weighted by Crippen LogP contribution is -2.54. The summed E-state index contributed by atoms with van der Waals surface area (Å²) in [7, 11) is 4.13. The van der Waals surface area contributed by atoms with E-state index in [1.54, 1.807) is 6.92 Å². The normalized spacial score (nSPS) is 22.8. The fraction of sp³-hybridized carbons (Fsp3) is 0.759. The zero-order valence-electron chi connectivity index (χ0n) is 22.6. The molecule has 1 aromatic carbocycles. The lowest BCUT2D eigenvalue weighted by atomic mass is 9.74. The highest BCUT2D eigenvalue weighted by atomic mass is 35.5. The van der Waals surface area contributed by atoms with E-state index < -0.39 is 11.7 Å². The van der Waals surface area contributed by atoms with Crippen molar-refractivity contribution in [2.24, 2.45) is 11.8 Å². The molecule has 0 spiro atoms. The number of likely N-dealkylation sites (N-methyl/N-ethyl adjacent to an activating group) is 1. The Morgan fingerprint density at radius 1 is 1.22 bits per heavy atom. The molecule has 0 radical (unpaired) electrons. The van der Waals surface area contributed by atoms with Crippen molar-refractivity contribution in [1.82, 2.24) is 15.1 Å². The van der Waals surface area contributed by atoms with Gasteiger partial charge in [0.15, 0.2) is 0 Å². The first-order valence-electron chi connectivity index (χ1n) is 14.0. The second kappa shape index (κ2) is 14.0. The molecule has 0 bridgehead atoms. The molecule has 1 aliphatic heterocycles. The summed E-state index contributed by atoms with van der Waals surface area (Å²) < 4.78 is 0. The average Bonchev–Trinajstić information content (AvgIpc) is 2.84. The number of benzene rings is 1. The van der Waals surface area contributed by atoms with Gasteiger partial charge < -0.3 is 25.3 Å². The van der Waals surface area contributed by atoms with Crippen LogP contribution < -0.4 is 5.32 Å². The largest absolute Gasteiger partial charge is 0.393 e. The average molecular weight is 522 g/mol. The molecule has 1 aliphatic carbocycles. The maximum Gasteiger partial charge on any atom is 0.317 e. The van der Waals surface area contributed by atoms with Crippen LogP contribution in [-0.4, -0.2) is 71.9 Å². The Labute approximate surface area is 223 Å². The third kappa shape index (κ3) is 8.61. The zero-order valence-corrected chi connectivity index (χ0v) is 23.3. The molecule has 1 heterocycles. The van der Waals surface area contributed by atoms with Crippen molar-refractivity contribution in [3.05, 3.63) is 34.9 Å². The number of hydrogen-bond acceptors (Lipinski definition) is 4. The van der Waals surface area contributed by atoms with E-state index in [9.17, 15) is 15.0 Å². The van der Waals surface area contributed by atoms with Crippen molar-refractivity contribution in [2.75, 3.05) is 33.7 Å². The number of piperidine rings is 1. The lowest BCUT2D eigenvalue weighted by Gasteiger charge is -2.43. The van der Waals surface area contributed by atoms with E-state index in [2.05, 4.69) is 24.3 Å². The number of hydrogen-bond donors (Lipinski definition) is 3. The molecule has 3 rings (SSSR count). The van der Waals surface area contributed by atoms with Crippen LogP contribution in [0.4, 0.5) is 4.79 Å². The Morgan fingerprint density at radius 3 is 2.64 bits per heavy atom. The van der Waals surface area contributed by atoms with Crippen molar-refractivity contribution in [3.63, 3.8) is 0 Å². The molecule has 1 saturated carbocycles. The van der Waals surface area contributed by atoms with Gasteiger partial charge in [0.25, 0.3) is 0 Å². The fourth-order valence-corrected chi connectivity index (χ4v) is 6.46. The van der Waals surface area contributed by atoms with E-state index in [4.69, 9.17) is 11.6 Å². The molecule has 1 saturated heterocycles. The lowest BCUT2D eigenvalue weighted by molar-refractivity contribution is -0.0570. The number of nitrogens with zero attached hydrogens (tertiary/aromatic N) is 2. The predicted octanol–water partition coefficient (Wildman–Crippen LogP) is 5.40. The van der Waals surface area contributed by atoms with Crippen molar-refractivity contribution in [1.29, 1.82) is 0 Å². The SMILES string of the molecule is CC(O)CCC[C@@](O)(c1cccc(Cl)c1)[C@@H]1CCCN(C(=O)N[C@@H](CC2CCCCC2)CN(C)C)C1. The molecular weight excluding hydrogens is 474 g/mol. The van der Waals surface area contributed by atoms with Gasteiger partial charge in [0, 0.05) is 36.6 Å². The molecule has 3 N–H and O–H groups in total. The van der Waals surface area contributed by atoms with Crippen LogP contribution in [0.1, 0.15) is 83.1 Å². The quantitative estimate of drug-likeness (QED) is 0.364. The summed E-state index contributed by atoms with van der Waals surface area (Å²) in [5.74, 6) is 0.607. The van der Waals surface area contributed by atoms with Gasteiger partial charge in [-0.2, -0.15) is 0 Å². The highest BCUT2D eigenvalue weighted by Gasteiger charge is 2.41. The summed E-state index contributed by atoms with van der Waals surface area (Å²) in [5, 5.41) is 25.8. The molecule has 7 heteroatoms. The van der Waals surface area contributed by atoms with E-state index in [0.29, 0.717) is 43.3 Å². The summed E-state index contributed by atoms with van der Waals surface area (Å²) in [6.07, 6.45) is 10.7. The number of rotatable bonds is 11. The van der Waals surface area contributed by atoms with E-state index in [1.165, 1.54) is 32.1 Å². The van der Waals surface area contributed by atoms with Crippen LogP contribution >= 0.6 is 11.6 Å². The highest BCUT2D eigenvalue weighted by Crippen LogP contribution is 2.40. The number of likely N-dealkylation sites (tertiary alicyclic amines) is 1. The molecule has 1 aromatic rings. The Bertz CT molecular complexity index is 815. The van der Waals surface area contributed by atoms with Crippen LogP contribution in [0, 0.1) is 11.8 Å². The number of aliphatic hydroxyl groups is 2. The standard InChI is InChI=1S/C29H48ClN3O3/c1-22(34)10-8-16-29(36,24-13-7-15-26(30)19-24)25-14-9-17-33(20-25)28(35)31-27(21-32(2)3)18-23-11-5-4-6-12-23/h7,13,15,19,22-23,25,27,34,36H,4-6,8-12,14,16-18,20-21H2,1-3H3,(H,31,35)/t22?,25-,27+,29-/m1/s1. The molecule has 36 heavy (non-hydrogen) atoms. The summed E-state index contributed by atoms with van der Waals surface area (Å²) in [4.78, 5) is 17.5. The maximum absolute atomic E-state index is 13.5. The maximum atomic E-state index is 13.5. The number of urea groups is 1. The van der Waals surface area contributed by atoms with E-state index in [0.717, 1.165) is 31.4 Å². The molecule has 2 aliphatic rings. The minimum Gasteiger partial charge on any atom is -0.393 e. The van der Waals surface area contributed by atoms with Crippen molar-refractivity contribution < 1.29 is 15.0 Å². The fourth-order valence-electron chi connectivity index (χ4n) is 6.27. The molecule has 1 unspecified atom stereocenters. The highest BCUT2D eigenvalue weighted by molar-refractivity contribution is 6.30. The third-order valence-electron chi connectivity index (χ3n) is 8.14. The molecule has 2 fully saturated rings. The van der Waals surface area contributed by atoms with Crippen LogP contribution in [0.2, 0.25) is 5.02 Å². The van der Waals surface area contributed by atoms with E-state index in [1.807, 2.05) is 29.2 Å². The predicted molar refractivity (Wildman–Crippen MR) is 147 cm³/mol. The van der Waals surface area contributed by atoms with Gasteiger partial charge in [-0.15, -0.1) is 0 Å². The number of nitrogens with one attached hydrogen (secondary N) is 1. The number of carbonyl (C=O) groups is 1. The third-order valence-corrected chi connectivity index (χ3v) is 8.38. The van der Waals surface area contributed by atoms with Gasteiger partial charge in [0.2, 0.25) is 0 Å². The first-order valence-corrected chi connectivity index (χ1v) is 14.4. The molecule has 0 aromatic heterocycles. The van der Waals surface area contributed by atoms with Gasteiger partial charge in [-0.25, -0.2) is 4.79 Å². The van der Waals surface area contributed by atoms with Gasteiger partial charge in [0.1, 0.15) is 0 Å². The number of amides is 2. The van der Waals surface area contributed by atoms with Gasteiger partial charge >= 0.3 is 6.03 Å². The number of aliphatic hydroxyl groups excluding tert-OH is 1. The van der Waals surface area contributed by atoms with E-state index in [-0.39, 0.29) is 18.0 Å². The Hall–Kier alpha value is -1.34. The number of carbonyl (C=O) groups excluding carboxylic acids is 1. The summed E-state index contributed by atoms with van der Waals surface area (Å²) >= 11 is 6.30. The van der Waals surface area contributed by atoms with Crippen LogP contribution in [0.15, 0.2) is 24.3 Å². The molecular formula is C29H48ClN3O3. The topological polar surface area (TPSA) is 76.0 Å². The zero-order chi connectivity index (χ0) is 26.1. The molecule has 204 valence electrons.